The predicted octanol–water partition coefficient (Wildman–Crippen LogP) is 2.76. The Morgan fingerprint density at radius 2 is 2.16 bits per heavy atom. The summed E-state index contributed by atoms with van der Waals surface area (Å²) < 4.78 is 10.8. The van der Waals surface area contributed by atoms with Gasteiger partial charge in [0, 0.05) is 11.3 Å². The first kappa shape index (κ1) is 14.4. The van der Waals surface area contributed by atoms with Crippen LogP contribution in [-0.2, 0) is 11.2 Å². The lowest BCUT2D eigenvalue weighted by Crippen LogP contribution is -2.41. The van der Waals surface area contributed by atoms with Crippen LogP contribution < -0.4 is 4.74 Å². The van der Waals surface area contributed by atoms with Crippen molar-refractivity contribution in [2.24, 2.45) is 5.41 Å². The van der Waals surface area contributed by atoms with Crippen LogP contribution >= 0.6 is 0 Å². The molecule has 1 aromatic carbocycles. The summed E-state index contributed by atoms with van der Waals surface area (Å²) >= 11 is 0. The minimum Gasteiger partial charge on any atom is -0.496 e. The van der Waals surface area contributed by atoms with E-state index in [-0.39, 0.29) is 17.9 Å². The summed E-state index contributed by atoms with van der Waals surface area (Å²) in [4.78, 5) is 0. The Kier molecular flexibility index (Phi) is 4.48. The van der Waals surface area contributed by atoms with Crippen molar-refractivity contribution in [1.82, 2.24) is 0 Å². The van der Waals surface area contributed by atoms with Crippen LogP contribution in [0, 0.1) is 5.41 Å². The zero-order valence-electron chi connectivity index (χ0n) is 12.1. The third kappa shape index (κ3) is 3.10. The van der Waals surface area contributed by atoms with E-state index >= 15 is 0 Å². The van der Waals surface area contributed by atoms with Gasteiger partial charge in [-0.15, -0.1) is 0 Å². The van der Waals surface area contributed by atoms with Gasteiger partial charge in [-0.25, -0.2) is 0 Å². The number of benzene rings is 1. The van der Waals surface area contributed by atoms with E-state index in [1.54, 1.807) is 7.11 Å². The molecule has 1 aliphatic heterocycles. The zero-order valence-corrected chi connectivity index (χ0v) is 12.1. The molecule has 106 valence electrons. The largest absolute Gasteiger partial charge is 0.496 e. The summed E-state index contributed by atoms with van der Waals surface area (Å²) in [6.45, 7) is 6.09. The molecule has 3 nitrogen and oxygen atoms in total. The average molecular weight is 264 g/mol. The molecule has 0 radical (unpaired) electrons. The summed E-state index contributed by atoms with van der Waals surface area (Å²) in [5.74, 6) is 0.996. The maximum Gasteiger partial charge on any atom is 0.122 e. The lowest BCUT2D eigenvalue weighted by Gasteiger charge is -2.40. The van der Waals surface area contributed by atoms with Crippen LogP contribution in [0.3, 0.4) is 0 Å². The molecule has 0 aromatic heterocycles. The van der Waals surface area contributed by atoms with Gasteiger partial charge in [-0.2, -0.15) is 0 Å². The minimum atomic E-state index is 0.121. The minimum absolute atomic E-state index is 0.121. The fourth-order valence-electron chi connectivity index (χ4n) is 2.76. The van der Waals surface area contributed by atoms with Crippen molar-refractivity contribution in [2.45, 2.75) is 32.6 Å². The van der Waals surface area contributed by atoms with Crippen molar-refractivity contribution in [3.05, 3.63) is 29.3 Å². The van der Waals surface area contributed by atoms with Gasteiger partial charge >= 0.3 is 0 Å². The topological polar surface area (TPSA) is 38.7 Å². The Morgan fingerprint density at radius 3 is 2.63 bits per heavy atom. The van der Waals surface area contributed by atoms with E-state index in [1.807, 2.05) is 6.07 Å². The molecular weight excluding hydrogens is 240 g/mol. The SMILES string of the molecule is CCc1ccc(OC)c(C(CO)CC2(C)COC2)c1. The molecule has 1 heterocycles. The summed E-state index contributed by atoms with van der Waals surface area (Å²) in [6.07, 6.45) is 1.93. The highest BCUT2D eigenvalue weighted by molar-refractivity contribution is 5.40. The number of hydrogen-bond acceptors (Lipinski definition) is 3. The van der Waals surface area contributed by atoms with E-state index in [2.05, 4.69) is 26.0 Å². The highest BCUT2D eigenvalue weighted by Gasteiger charge is 2.36. The first-order valence-electron chi connectivity index (χ1n) is 6.97. The first-order chi connectivity index (χ1) is 9.11. The highest BCUT2D eigenvalue weighted by atomic mass is 16.5. The third-order valence-electron chi connectivity index (χ3n) is 4.00. The Hall–Kier alpha value is -1.06. The van der Waals surface area contributed by atoms with E-state index in [0.717, 1.165) is 37.4 Å². The average Bonchev–Trinajstić information content (AvgIpc) is 2.42. The van der Waals surface area contributed by atoms with Crippen LogP contribution in [0.15, 0.2) is 18.2 Å². The summed E-state index contributed by atoms with van der Waals surface area (Å²) in [7, 11) is 1.69. The van der Waals surface area contributed by atoms with Gasteiger partial charge < -0.3 is 14.6 Å². The van der Waals surface area contributed by atoms with Gasteiger partial charge in [0.1, 0.15) is 5.75 Å². The van der Waals surface area contributed by atoms with Crippen LogP contribution in [0.1, 0.15) is 37.3 Å². The van der Waals surface area contributed by atoms with Crippen molar-refractivity contribution in [2.75, 3.05) is 26.9 Å². The normalized spacial score (nSPS) is 18.7. The Labute approximate surface area is 115 Å². The summed E-state index contributed by atoms with van der Waals surface area (Å²) in [5.41, 5.74) is 2.60. The molecule has 3 heteroatoms. The zero-order chi connectivity index (χ0) is 13.9. The number of methoxy groups -OCH3 is 1. The maximum absolute atomic E-state index is 9.75. The second-order valence-electron chi connectivity index (χ2n) is 5.82. The first-order valence-corrected chi connectivity index (χ1v) is 6.97. The van der Waals surface area contributed by atoms with E-state index in [4.69, 9.17) is 9.47 Å². The molecule has 0 bridgehead atoms. The van der Waals surface area contributed by atoms with Gasteiger partial charge in [-0.1, -0.05) is 26.0 Å². The monoisotopic (exact) mass is 264 g/mol. The molecule has 2 rings (SSSR count). The molecule has 0 amide bonds. The summed E-state index contributed by atoms with van der Waals surface area (Å²) in [5, 5.41) is 9.75. The van der Waals surface area contributed by atoms with E-state index < -0.39 is 0 Å². The smallest absolute Gasteiger partial charge is 0.122 e. The van der Waals surface area contributed by atoms with Gasteiger partial charge in [0.15, 0.2) is 0 Å². The molecule has 1 unspecified atom stereocenters. The predicted molar refractivity (Wildman–Crippen MR) is 75.7 cm³/mol. The number of rotatable bonds is 6. The lowest BCUT2D eigenvalue weighted by atomic mass is 9.77. The number of aliphatic hydroxyl groups is 1. The van der Waals surface area contributed by atoms with Crippen molar-refractivity contribution in [3.8, 4) is 5.75 Å². The van der Waals surface area contributed by atoms with Crippen LogP contribution in [0.4, 0.5) is 0 Å². The number of aliphatic hydroxyl groups excluding tert-OH is 1. The van der Waals surface area contributed by atoms with E-state index in [1.165, 1.54) is 5.56 Å². The molecule has 1 fully saturated rings. The second-order valence-corrected chi connectivity index (χ2v) is 5.82. The molecule has 0 saturated carbocycles. The number of aryl methyl sites for hydroxylation is 1. The quantitative estimate of drug-likeness (QED) is 0.858. The standard InChI is InChI=1S/C16H24O3/c1-4-12-5-6-15(18-3)14(7-12)13(9-17)8-16(2)10-19-11-16/h5-7,13,17H,4,8-11H2,1-3H3. The van der Waals surface area contributed by atoms with Gasteiger partial charge in [0.2, 0.25) is 0 Å². The summed E-state index contributed by atoms with van der Waals surface area (Å²) in [6, 6.07) is 6.27. The van der Waals surface area contributed by atoms with Gasteiger partial charge in [0.25, 0.3) is 0 Å². The molecule has 1 aromatic rings. The van der Waals surface area contributed by atoms with Crippen LogP contribution in [-0.4, -0.2) is 32.0 Å². The van der Waals surface area contributed by atoms with Crippen molar-refractivity contribution in [1.29, 1.82) is 0 Å². The molecule has 1 atom stereocenters. The van der Waals surface area contributed by atoms with Gasteiger partial charge in [-0.3, -0.25) is 0 Å². The molecule has 19 heavy (non-hydrogen) atoms. The molecule has 1 saturated heterocycles. The van der Waals surface area contributed by atoms with Crippen LogP contribution in [0.25, 0.3) is 0 Å². The molecule has 0 spiro atoms. The van der Waals surface area contributed by atoms with Gasteiger partial charge in [-0.05, 0) is 30.0 Å². The Bertz CT molecular complexity index is 424. The third-order valence-corrected chi connectivity index (χ3v) is 4.00. The maximum atomic E-state index is 9.75. The lowest BCUT2D eigenvalue weighted by molar-refractivity contribution is -0.110. The second kappa shape index (κ2) is 5.93. The van der Waals surface area contributed by atoms with E-state index in [0.29, 0.717) is 0 Å². The van der Waals surface area contributed by atoms with Gasteiger partial charge in [0.05, 0.1) is 26.9 Å². The number of hydrogen-bond donors (Lipinski definition) is 1. The van der Waals surface area contributed by atoms with Crippen molar-refractivity contribution >= 4 is 0 Å². The molecule has 0 aliphatic carbocycles. The highest BCUT2D eigenvalue weighted by Crippen LogP contribution is 2.40. The van der Waals surface area contributed by atoms with E-state index in [9.17, 15) is 5.11 Å². The van der Waals surface area contributed by atoms with Crippen LogP contribution in [0.5, 0.6) is 5.75 Å². The fourth-order valence-corrected chi connectivity index (χ4v) is 2.76. The van der Waals surface area contributed by atoms with Crippen LogP contribution in [0.2, 0.25) is 0 Å². The molecule has 1 aliphatic rings. The Morgan fingerprint density at radius 1 is 1.42 bits per heavy atom. The fraction of sp³-hybridized carbons (Fsp3) is 0.625. The van der Waals surface area contributed by atoms with Crippen molar-refractivity contribution < 1.29 is 14.6 Å². The molecule has 1 N–H and O–H groups in total. The number of ether oxygens (including phenoxy) is 2. The van der Waals surface area contributed by atoms with Crippen molar-refractivity contribution in [3.63, 3.8) is 0 Å². The Balaban J connectivity index is 2.25. The molecular formula is C16H24O3.